The van der Waals surface area contributed by atoms with E-state index in [0.717, 1.165) is 12.0 Å². The Morgan fingerprint density at radius 2 is 2.07 bits per heavy atom. The van der Waals surface area contributed by atoms with Gasteiger partial charge in [0.15, 0.2) is 0 Å². The second-order valence-electron chi connectivity index (χ2n) is 3.19. The monoisotopic (exact) mass is 193 g/mol. The van der Waals surface area contributed by atoms with Crippen molar-refractivity contribution in [3.8, 4) is 0 Å². The molecule has 1 atom stereocenters. The highest BCUT2D eigenvalue weighted by Gasteiger charge is 2.07. The van der Waals surface area contributed by atoms with E-state index in [1.165, 1.54) is 0 Å². The maximum atomic E-state index is 10.9. The largest absolute Gasteiger partial charge is 0.461 e. The minimum atomic E-state index is -0.353. The average molecular weight is 193 g/mol. The molecule has 0 saturated carbocycles. The molecule has 14 heavy (non-hydrogen) atoms. The van der Waals surface area contributed by atoms with Gasteiger partial charge in [-0.2, -0.15) is 0 Å². The molecule has 0 bridgehead atoms. The summed E-state index contributed by atoms with van der Waals surface area (Å²) in [4.78, 5) is 10.9. The Morgan fingerprint density at radius 3 is 2.64 bits per heavy atom. The molecule has 0 aliphatic rings. The van der Waals surface area contributed by atoms with E-state index >= 15 is 0 Å². The molecule has 3 nitrogen and oxygen atoms in total. The molecular weight excluding hydrogens is 178 g/mol. The van der Waals surface area contributed by atoms with Crippen LogP contribution >= 0.6 is 0 Å². The van der Waals surface area contributed by atoms with E-state index in [4.69, 9.17) is 10.5 Å². The number of esters is 1. The zero-order valence-electron chi connectivity index (χ0n) is 8.27. The smallest absolute Gasteiger partial charge is 0.319 e. The van der Waals surface area contributed by atoms with Gasteiger partial charge in [-0.15, -0.1) is 0 Å². The highest BCUT2D eigenvalue weighted by molar-refractivity contribution is 5.71. The molecule has 0 heterocycles. The van der Waals surface area contributed by atoms with Crippen molar-refractivity contribution < 1.29 is 9.53 Å². The average Bonchev–Trinajstić information content (AvgIpc) is 2.19. The summed E-state index contributed by atoms with van der Waals surface area (Å²) in [5.41, 5.74) is 6.30. The maximum Gasteiger partial charge on any atom is 0.319 e. The fraction of sp³-hybridized carbons (Fsp3) is 0.364. The molecule has 1 aromatic carbocycles. The van der Waals surface area contributed by atoms with E-state index in [0.29, 0.717) is 0 Å². The van der Waals surface area contributed by atoms with Crippen LogP contribution in [-0.2, 0) is 16.0 Å². The fourth-order valence-electron chi connectivity index (χ4n) is 1.26. The molecule has 0 fully saturated rings. The van der Waals surface area contributed by atoms with Crippen molar-refractivity contribution in [2.45, 2.75) is 19.4 Å². The van der Waals surface area contributed by atoms with E-state index in [9.17, 15) is 4.79 Å². The SMILES string of the molecule is CC(Cc1ccccc1)OC(=O)CN. The van der Waals surface area contributed by atoms with Crippen molar-refractivity contribution in [1.82, 2.24) is 0 Å². The zero-order valence-corrected chi connectivity index (χ0v) is 8.27. The maximum absolute atomic E-state index is 10.9. The van der Waals surface area contributed by atoms with E-state index in [1.54, 1.807) is 0 Å². The van der Waals surface area contributed by atoms with Gasteiger partial charge in [-0.05, 0) is 12.5 Å². The van der Waals surface area contributed by atoms with Gasteiger partial charge < -0.3 is 10.5 Å². The Bertz CT molecular complexity index is 285. The number of carbonyl (C=O) groups is 1. The Kier molecular flexibility index (Phi) is 4.13. The van der Waals surface area contributed by atoms with Gasteiger partial charge in [0.2, 0.25) is 0 Å². The zero-order chi connectivity index (χ0) is 10.4. The first-order valence-corrected chi connectivity index (χ1v) is 4.66. The van der Waals surface area contributed by atoms with Gasteiger partial charge >= 0.3 is 5.97 Å². The Morgan fingerprint density at radius 1 is 1.43 bits per heavy atom. The van der Waals surface area contributed by atoms with E-state index in [1.807, 2.05) is 37.3 Å². The molecule has 0 aliphatic carbocycles. The number of hydrogen-bond donors (Lipinski definition) is 1. The molecule has 0 saturated heterocycles. The minimum Gasteiger partial charge on any atom is -0.461 e. The van der Waals surface area contributed by atoms with Crippen LogP contribution in [0.25, 0.3) is 0 Å². The molecule has 1 rings (SSSR count). The lowest BCUT2D eigenvalue weighted by molar-refractivity contribution is -0.146. The number of benzene rings is 1. The third-order valence-corrected chi connectivity index (χ3v) is 1.87. The topological polar surface area (TPSA) is 52.3 Å². The lowest BCUT2D eigenvalue weighted by atomic mass is 10.1. The number of rotatable bonds is 4. The highest BCUT2D eigenvalue weighted by atomic mass is 16.5. The van der Waals surface area contributed by atoms with Crippen LogP contribution < -0.4 is 5.73 Å². The van der Waals surface area contributed by atoms with Gasteiger partial charge in [-0.25, -0.2) is 0 Å². The van der Waals surface area contributed by atoms with Crippen LogP contribution in [0.3, 0.4) is 0 Å². The first-order chi connectivity index (χ1) is 6.72. The molecule has 1 aromatic rings. The lowest BCUT2D eigenvalue weighted by Gasteiger charge is -2.12. The molecule has 1 unspecified atom stereocenters. The standard InChI is InChI=1S/C11H15NO2/c1-9(14-11(13)8-12)7-10-5-3-2-4-6-10/h2-6,9H,7-8,12H2,1H3. The number of nitrogens with two attached hydrogens (primary N) is 1. The van der Waals surface area contributed by atoms with E-state index < -0.39 is 0 Å². The van der Waals surface area contributed by atoms with Crippen molar-refractivity contribution >= 4 is 5.97 Å². The number of ether oxygens (including phenoxy) is 1. The van der Waals surface area contributed by atoms with Gasteiger partial charge in [0, 0.05) is 6.42 Å². The van der Waals surface area contributed by atoms with Crippen molar-refractivity contribution in [1.29, 1.82) is 0 Å². The quantitative estimate of drug-likeness (QED) is 0.729. The molecule has 0 radical (unpaired) electrons. The normalized spacial score (nSPS) is 12.1. The van der Waals surface area contributed by atoms with E-state index in [-0.39, 0.29) is 18.6 Å². The van der Waals surface area contributed by atoms with Crippen LogP contribution in [0.15, 0.2) is 30.3 Å². The van der Waals surface area contributed by atoms with E-state index in [2.05, 4.69) is 0 Å². The van der Waals surface area contributed by atoms with Crippen molar-refractivity contribution in [3.63, 3.8) is 0 Å². The van der Waals surface area contributed by atoms with Crippen LogP contribution in [0.4, 0.5) is 0 Å². The summed E-state index contributed by atoms with van der Waals surface area (Å²) < 4.78 is 5.04. The predicted octanol–water partition coefficient (Wildman–Crippen LogP) is 1.12. The number of hydrogen-bond acceptors (Lipinski definition) is 3. The molecule has 0 spiro atoms. The summed E-state index contributed by atoms with van der Waals surface area (Å²) in [6.45, 7) is 1.81. The first kappa shape index (κ1) is 10.7. The minimum absolute atomic E-state index is 0.0564. The summed E-state index contributed by atoms with van der Waals surface area (Å²) >= 11 is 0. The van der Waals surface area contributed by atoms with Gasteiger partial charge in [0.25, 0.3) is 0 Å². The van der Waals surface area contributed by atoms with Gasteiger partial charge in [-0.1, -0.05) is 30.3 Å². The highest BCUT2D eigenvalue weighted by Crippen LogP contribution is 2.05. The van der Waals surface area contributed by atoms with Crippen LogP contribution in [0.2, 0.25) is 0 Å². The van der Waals surface area contributed by atoms with Crippen LogP contribution in [-0.4, -0.2) is 18.6 Å². The van der Waals surface area contributed by atoms with Crippen molar-refractivity contribution in [2.24, 2.45) is 5.73 Å². The van der Waals surface area contributed by atoms with Crippen LogP contribution in [0.5, 0.6) is 0 Å². The van der Waals surface area contributed by atoms with Crippen LogP contribution in [0.1, 0.15) is 12.5 Å². The second kappa shape index (κ2) is 5.40. The van der Waals surface area contributed by atoms with Gasteiger partial charge in [-0.3, -0.25) is 4.79 Å². The summed E-state index contributed by atoms with van der Waals surface area (Å²) in [6.07, 6.45) is 0.612. The Balaban J connectivity index is 2.41. The third kappa shape index (κ3) is 3.58. The molecule has 76 valence electrons. The summed E-state index contributed by atoms with van der Waals surface area (Å²) in [6, 6.07) is 9.90. The second-order valence-corrected chi connectivity index (χ2v) is 3.19. The Hall–Kier alpha value is -1.35. The summed E-state index contributed by atoms with van der Waals surface area (Å²) in [5, 5.41) is 0. The Labute approximate surface area is 83.9 Å². The summed E-state index contributed by atoms with van der Waals surface area (Å²) in [7, 11) is 0. The summed E-state index contributed by atoms with van der Waals surface area (Å²) in [5.74, 6) is -0.353. The predicted molar refractivity (Wildman–Crippen MR) is 54.8 cm³/mol. The lowest BCUT2D eigenvalue weighted by Crippen LogP contribution is -2.23. The molecule has 0 aromatic heterocycles. The number of carbonyl (C=O) groups excluding carboxylic acids is 1. The fourth-order valence-corrected chi connectivity index (χ4v) is 1.26. The molecule has 2 N–H and O–H groups in total. The van der Waals surface area contributed by atoms with Crippen molar-refractivity contribution in [3.05, 3.63) is 35.9 Å². The van der Waals surface area contributed by atoms with Gasteiger partial charge in [0.1, 0.15) is 6.10 Å². The molecule has 0 amide bonds. The van der Waals surface area contributed by atoms with Crippen molar-refractivity contribution in [2.75, 3.05) is 6.54 Å². The van der Waals surface area contributed by atoms with Gasteiger partial charge in [0.05, 0.1) is 6.54 Å². The third-order valence-electron chi connectivity index (χ3n) is 1.87. The molecule has 3 heteroatoms. The molecule has 0 aliphatic heterocycles. The first-order valence-electron chi connectivity index (χ1n) is 4.66. The molecular formula is C11H15NO2. The van der Waals surface area contributed by atoms with Crippen LogP contribution in [0, 0.1) is 0 Å².